The van der Waals surface area contributed by atoms with Crippen LogP contribution < -0.4 is 5.32 Å². The number of hydrogen-bond acceptors (Lipinski definition) is 4. The number of nitrogens with zero attached hydrogens (tertiary/aromatic N) is 3. The van der Waals surface area contributed by atoms with Gasteiger partial charge in [-0.1, -0.05) is 6.92 Å². The molecular weight excluding hydrogens is 192 g/mol. The Hall–Kier alpha value is -0.940. The van der Waals surface area contributed by atoms with Crippen molar-refractivity contribution in [1.82, 2.24) is 20.1 Å². The standard InChI is InChI=1S/C10H18N4O/c1-2-11-6-10-12-8-13-14(10)7-9-4-3-5-15-9/h8-9,11H,2-7H2,1H3. The Balaban J connectivity index is 1.91. The predicted octanol–water partition coefficient (Wildman–Crippen LogP) is 0.567. The SMILES string of the molecule is CCNCc1ncnn1CC1CCCO1. The van der Waals surface area contributed by atoms with E-state index >= 15 is 0 Å². The van der Waals surface area contributed by atoms with E-state index in [1.165, 1.54) is 6.42 Å². The lowest BCUT2D eigenvalue weighted by molar-refractivity contribution is 0.0930. The molecule has 0 bridgehead atoms. The highest BCUT2D eigenvalue weighted by Crippen LogP contribution is 2.13. The van der Waals surface area contributed by atoms with Crippen molar-refractivity contribution in [2.45, 2.75) is 39.0 Å². The van der Waals surface area contributed by atoms with Gasteiger partial charge in [0.25, 0.3) is 0 Å². The van der Waals surface area contributed by atoms with Gasteiger partial charge in [-0.25, -0.2) is 9.67 Å². The number of aromatic nitrogens is 3. The van der Waals surface area contributed by atoms with E-state index in [4.69, 9.17) is 4.74 Å². The first-order valence-electron chi connectivity index (χ1n) is 5.59. The van der Waals surface area contributed by atoms with E-state index < -0.39 is 0 Å². The normalized spacial score (nSPS) is 21.0. The smallest absolute Gasteiger partial charge is 0.140 e. The summed E-state index contributed by atoms with van der Waals surface area (Å²) in [6, 6.07) is 0. The summed E-state index contributed by atoms with van der Waals surface area (Å²) < 4.78 is 7.52. The topological polar surface area (TPSA) is 52.0 Å². The summed E-state index contributed by atoms with van der Waals surface area (Å²) >= 11 is 0. The minimum absolute atomic E-state index is 0.326. The third-order valence-corrected chi connectivity index (χ3v) is 2.63. The second-order valence-corrected chi connectivity index (χ2v) is 3.77. The number of rotatable bonds is 5. The Kier molecular flexibility index (Phi) is 3.69. The molecule has 5 heteroatoms. The van der Waals surface area contributed by atoms with Crippen LogP contribution >= 0.6 is 0 Å². The van der Waals surface area contributed by atoms with Gasteiger partial charge in [-0.2, -0.15) is 5.10 Å². The van der Waals surface area contributed by atoms with Crippen molar-refractivity contribution in [3.05, 3.63) is 12.2 Å². The Bertz CT molecular complexity index is 293. The van der Waals surface area contributed by atoms with Crippen molar-refractivity contribution in [2.24, 2.45) is 0 Å². The van der Waals surface area contributed by atoms with Gasteiger partial charge in [-0.3, -0.25) is 0 Å². The molecule has 0 saturated carbocycles. The van der Waals surface area contributed by atoms with Gasteiger partial charge in [0.1, 0.15) is 12.2 Å². The molecule has 1 N–H and O–H groups in total. The van der Waals surface area contributed by atoms with Gasteiger partial charge in [0.15, 0.2) is 0 Å². The zero-order valence-electron chi connectivity index (χ0n) is 9.15. The Morgan fingerprint density at radius 3 is 3.33 bits per heavy atom. The number of ether oxygens (including phenoxy) is 1. The van der Waals surface area contributed by atoms with Crippen LogP contribution in [0.25, 0.3) is 0 Å². The molecule has 0 amide bonds. The molecule has 1 fully saturated rings. The van der Waals surface area contributed by atoms with Crippen molar-refractivity contribution in [1.29, 1.82) is 0 Å². The van der Waals surface area contributed by atoms with Crippen molar-refractivity contribution >= 4 is 0 Å². The molecule has 0 aromatic carbocycles. The van der Waals surface area contributed by atoms with Gasteiger partial charge < -0.3 is 10.1 Å². The van der Waals surface area contributed by atoms with Crippen LogP contribution in [0.1, 0.15) is 25.6 Å². The molecule has 1 aromatic heterocycles. The van der Waals surface area contributed by atoms with E-state index in [-0.39, 0.29) is 0 Å². The number of hydrogen-bond donors (Lipinski definition) is 1. The first-order valence-corrected chi connectivity index (χ1v) is 5.59. The molecule has 1 aromatic rings. The molecule has 15 heavy (non-hydrogen) atoms. The Labute approximate surface area is 89.8 Å². The molecule has 0 radical (unpaired) electrons. The summed E-state index contributed by atoms with van der Waals surface area (Å²) in [5.74, 6) is 0.993. The molecule has 1 unspecified atom stereocenters. The maximum absolute atomic E-state index is 5.58. The highest BCUT2D eigenvalue weighted by Gasteiger charge is 2.17. The highest BCUT2D eigenvalue weighted by atomic mass is 16.5. The van der Waals surface area contributed by atoms with Crippen molar-refractivity contribution < 1.29 is 4.74 Å². The summed E-state index contributed by atoms with van der Waals surface area (Å²) in [4.78, 5) is 4.23. The lowest BCUT2D eigenvalue weighted by atomic mass is 10.2. The molecule has 5 nitrogen and oxygen atoms in total. The second kappa shape index (κ2) is 5.23. The van der Waals surface area contributed by atoms with Crippen LogP contribution in [0.5, 0.6) is 0 Å². The predicted molar refractivity (Wildman–Crippen MR) is 56.4 cm³/mol. The summed E-state index contributed by atoms with van der Waals surface area (Å²) in [5, 5.41) is 7.47. The molecule has 84 valence electrons. The Morgan fingerprint density at radius 1 is 1.67 bits per heavy atom. The van der Waals surface area contributed by atoms with Crippen molar-refractivity contribution in [2.75, 3.05) is 13.2 Å². The molecule has 1 aliphatic heterocycles. The molecule has 1 saturated heterocycles. The fraction of sp³-hybridized carbons (Fsp3) is 0.800. The molecule has 2 rings (SSSR count). The van der Waals surface area contributed by atoms with Gasteiger partial charge in [0, 0.05) is 6.61 Å². The zero-order chi connectivity index (χ0) is 10.5. The zero-order valence-corrected chi connectivity index (χ0v) is 9.15. The minimum Gasteiger partial charge on any atom is -0.376 e. The van der Waals surface area contributed by atoms with Gasteiger partial charge in [0.05, 0.1) is 19.2 Å². The summed E-state index contributed by atoms with van der Waals surface area (Å²) in [6.07, 6.45) is 4.25. The summed E-state index contributed by atoms with van der Waals surface area (Å²) in [7, 11) is 0. The van der Waals surface area contributed by atoms with Gasteiger partial charge in [0.2, 0.25) is 0 Å². The van der Waals surface area contributed by atoms with Gasteiger partial charge in [-0.15, -0.1) is 0 Å². The fourth-order valence-electron chi connectivity index (χ4n) is 1.80. The molecular formula is C10H18N4O. The molecule has 0 aliphatic carbocycles. The second-order valence-electron chi connectivity index (χ2n) is 3.77. The van der Waals surface area contributed by atoms with Crippen LogP contribution in [0.4, 0.5) is 0 Å². The van der Waals surface area contributed by atoms with Gasteiger partial charge in [-0.05, 0) is 19.4 Å². The third kappa shape index (κ3) is 2.76. The first-order chi connectivity index (χ1) is 7.40. The monoisotopic (exact) mass is 210 g/mol. The van der Waals surface area contributed by atoms with Crippen molar-refractivity contribution in [3.63, 3.8) is 0 Å². The van der Waals surface area contributed by atoms with E-state index in [0.29, 0.717) is 6.10 Å². The highest BCUT2D eigenvalue weighted by molar-refractivity contribution is 4.85. The van der Waals surface area contributed by atoms with Crippen LogP contribution in [0, 0.1) is 0 Å². The van der Waals surface area contributed by atoms with E-state index in [1.54, 1.807) is 6.33 Å². The average Bonchev–Trinajstić information content (AvgIpc) is 2.87. The average molecular weight is 210 g/mol. The van der Waals surface area contributed by atoms with E-state index in [9.17, 15) is 0 Å². The van der Waals surface area contributed by atoms with Crippen LogP contribution in [0.2, 0.25) is 0 Å². The maximum Gasteiger partial charge on any atom is 0.140 e. The van der Waals surface area contributed by atoms with E-state index in [2.05, 4.69) is 22.3 Å². The minimum atomic E-state index is 0.326. The third-order valence-electron chi connectivity index (χ3n) is 2.63. The largest absolute Gasteiger partial charge is 0.376 e. The van der Waals surface area contributed by atoms with Crippen LogP contribution in [-0.4, -0.2) is 34.0 Å². The number of nitrogens with one attached hydrogen (secondary N) is 1. The van der Waals surface area contributed by atoms with E-state index in [0.717, 1.165) is 38.5 Å². The Morgan fingerprint density at radius 2 is 2.60 bits per heavy atom. The fourth-order valence-corrected chi connectivity index (χ4v) is 1.80. The lowest BCUT2D eigenvalue weighted by Crippen LogP contribution is -2.21. The van der Waals surface area contributed by atoms with E-state index in [1.807, 2.05) is 4.68 Å². The quantitative estimate of drug-likeness (QED) is 0.772. The molecule has 1 aliphatic rings. The molecule has 1 atom stereocenters. The lowest BCUT2D eigenvalue weighted by Gasteiger charge is -2.11. The van der Waals surface area contributed by atoms with Crippen LogP contribution in [0.3, 0.4) is 0 Å². The summed E-state index contributed by atoms with van der Waals surface area (Å²) in [5.41, 5.74) is 0. The molecule has 0 spiro atoms. The van der Waals surface area contributed by atoms with Crippen molar-refractivity contribution in [3.8, 4) is 0 Å². The maximum atomic E-state index is 5.58. The first kappa shape index (κ1) is 10.6. The van der Waals surface area contributed by atoms with Crippen LogP contribution in [0.15, 0.2) is 6.33 Å². The molecule has 2 heterocycles. The summed E-state index contributed by atoms with van der Waals surface area (Å²) in [6.45, 7) is 5.54. The van der Waals surface area contributed by atoms with Gasteiger partial charge >= 0.3 is 0 Å². The van der Waals surface area contributed by atoms with Crippen LogP contribution in [-0.2, 0) is 17.8 Å².